The Morgan fingerprint density at radius 1 is 1.48 bits per heavy atom. The van der Waals surface area contributed by atoms with Gasteiger partial charge in [-0.2, -0.15) is 5.26 Å². The van der Waals surface area contributed by atoms with Crippen LogP contribution in [0.15, 0.2) is 27.7 Å². The molecule has 1 aliphatic carbocycles. The highest BCUT2D eigenvalue weighted by Gasteiger charge is 2.32. The Balaban J connectivity index is 1.91. The molecule has 2 aromatic rings. The van der Waals surface area contributed by atoms with E-state index in [2.05, 4.69) is 47.8 Å². The molecule has 5 nitrogen and oxygen atoms in total. The molecule has 1 heterocycles. The van der Waals surface area contributed by atoms with Gasteiger partial charge in [-0.15, -0.1) is 11.3 Å². The molecule has 3 rings (SSSR count). The number of ether oxygens (including phenoxy) is 1. The van der Waals surface area contributed by atoms with E-state index >= 15 is 0 Å². The maximum Gasteiger partial charge on any atom is 0.341 e. The van der Waals surface area contributed by atoms with Crippen molar-refractivity contribution in [3.05, 3.63) is 44.2 Å². The number of nitrogens with zero attached hydrogens (tertiary/aromatic N) is 2. The van der Waals surface area contributed by atoms with E-state index < -0.39 is 12.6 Å². The highest BCUT2D eigenvalue weighted by atomic mass is 79.9. The van der Waals surface area contributed by atoms with E-state index in [1.807, 2.05) is 6.07 Å². The van der Waals surface area contributed by atoms with Crippen LogP contribution in [0.3, 0.4) is 0 Å². The van der Waals surface area contributed by atoms with Crippen LogP contribution in [0, 0.1) is 22.7 Å². The first kappa shape index (κ1) is 21.5. The molecule has 1 aliphatic rings. The number of aliphatic carboxylic acids is 1. The number of carboxylic acids is 1. The number of rotatable bonds is 5. The van der Waals surface area contributed by atoms with Crippen LogP contribution in [0.2, 0.25) is 0 Å². The van der Waals surface area contributed by atoms with Gasteiger partial charge in [0.15, 0.2) is 6.61 Å². The highest BCUT2D eigenvalue weighted by Crippen LogP contribution is 2.45. The van der Waals surface area contributed by atoms with Gasteiger partial charge in [0.25, 0.3) is 0 Å². The van der Waals surface area contributed by atoms with Crippen molar-refractivity contribution in [2.75, 3.05) is 6.61 Å². The first-order valence-electron chi connectivity index (χ1n) is 9.42. The van der Waals surface area contributed by atoms with Crippen molar-refractivity contribution in [1.29, 1.82) is 5.26 Å². The topological polar surface area (TPSA) is 82.7 Å². The molecular formula is C22H23BrN2O3S. The molecule has 152 valence electrons. The maximum absolute atomic E-state index is 10.8. The van der Waals surface area contributed by atoms with Crippen molar-refractivity contribution < 1.29 is 14.6 Å². The fourth-order valence-corrected chi connectivity index (χ4v) is 5.14. The lowest BCUT2D eigenvalue weighted by molar-refractivity contribution is -0.139. The summed E-state index contributed by atoms with van der Waals surface area (Å²) in [6.45, 7) is 6.39. The summed E-state index contributed by atoms with van der Waals surface area (Å²) in [5, 5.41) is 19.3. The molecule has 7 heteroatoms. The number of hydrogen-bond donors (Lipinski definition) is 1. The molecule has 1 N–H and O–H groups in total. The van der Waals surface area contributed by atoms with Gasteiger partial charge in [0.1, 0.15) is 16.8 Å². The lowest BCUT2D eigenvalue weighted by Gasteiger charge is -2.33. The van der Waals surface area contributed by atoms with Gasteiger partial charge in [0.2, 0.25) is 0 Å². The molecule has 1 atom stereocenters. The van der Waals surface area contributed by atoms with E-state index in [0.29, 0.717) is 27.8 Å². The molecular weight excluding hydrogens is 452 g/mol. The van der Waals surface area contributed by atoms with E-state index in [1.54, 1.807) is 29.7 Å². The average Bonchev–Trinajstić information content (AvgIpc) is 3.01. The number of hydrogen-bond acceptors (Lipinski definition) is 5. The number of fused-ring (bicyclic) bond motifs is 1. The predicted molar refractivity (Wildman–Crippen MR) is 119 cm³/mol. The van der Waals surface area contributed by atoms with E-state index in [0.717, 1.165) is 29.3 Å². The van der Waals surface area contributed by atoms with Crippen LogP contribution in [0.5, 0.6) is 5.75 Å². The van der Waals surface area contributed by atoms with E-state index in [4.69, 9.17) is 9.84 Å². The smallest absolute Gasteiger partial charge is 0.341 e. The number of nitriles is 1. The molecule has 0 amide bonds. The molecule has 0 radical (unpaired) electrons. The summed E-state index contributed by atoms with van der Waals surface area (Å²) in [5.74, 6) is -0.00740. The first-order chi connectivity index (χ1) is 13.7. The lowest BCUT2D eigenvalue weighted by atomic mass is 9.72. The van der Waals surface area contributed by atoms with Crippen molar-refractivity contribution in [1.82, 2.24) is 0 Å². The summed E-state index contributed by atoms with van der Waals surface area (Å²) in [6.07, 6.45) is 4.62. The van der Waals surface area contributed by atoms with Crippen molar-refractivity contribution in [2.24, 2.45) is 16.3 Å². The van der Waals surface area contributed by atoms with Crippen molar-refractivity contribution >= 4 is 44.5 Å². The van der Waals surface area contributed by atoms with Crippen LogP contribution in [0.4, 0.5) is 5.00 Å². The third-order valence-electron chi connectivity index (χ3n) is 5.23. The SMILES string of the molecule is CC(C)(C)[C@H]1CCc2c(sc(N=Cc3cc(Br)ccc3OCC(=O)O)c2C#N)C1. The lowest BCUT2D eigenvalue weighted by Crippen LogP contribution is -2.26. The zero-order chi connectivity index (χ0) is 21.2. The van der Waals surface area contributed by atoms with Crippen LogP contribution in [-0.4, -0.2) is 23.9 Å². The Hall–Kier alpha value is -2.17. The van der Waals surface area contributed by atoms with Crippen molar-refractivity contribution in [3.63, 3.8) is 0 Å². The van der Waals surface area contributed by atoms with E-state index in [-0.39, 0.29) is 5.41 Å². The minimum absolute atomic E-state index is 0.241. The second-order valence-corrected chi connectivity index (χ2v) is 10.2. The van der Waals surface area contributed by atoms with Crippen LogP contribution >= 0.6 is 27.3 Å². The van der Waals surface area contributed by atoms with Crippen LogP contribution < -0.4 is 4.74 Å². The fourth-order valence-electron chi connectivity index (χ4n) is 3.54. The Morgan fingerprint density at radius 2 is 2.24 bits per heavy atom. The normalized spacial score (nSPS) is 16.4. The van der Waals surface area contributed by atoms with Gasteiger partial charge in [0, 0.05) is 21.1 Å². The first-order valence-corrected chi connectivity index (χ1v) is 11.0. The van der Waals surface area contributed by atoms with E-state index in [9.17, 15) is 10.1 Å². The van der Waals surface area contributed by atoms with Gasteiger partial charge in [0.05, 0.1) is 5.56 Å². The van der Waals surface area contributed by atoms with Gasteiger partial charge in [-0.1, -0.05) is 36.7 Å². The van der Waals surface area contributed by atoms with Crippen molar-refractivity contribution in [2.45, 2.75) is 40.0 Å². The van der Waals surface area contributed by atoms with E-state index in [1.165, 1.54) is 4.88 Å². The van der Waals surface area contributed by atoms with Crippen LogP contribution in [-0.2, 0) is 17.6 Å². The average molecular weight is 475 g/mol. The summed E-state index contributed by atoms with van der Waals surface area (Å²) >= 11 is 5.01. The zero-order valence-electron chi connectivity index (χ0n) is 16.7. The summed E-state index contributed by atoms with van der Waals surface area (Å²) in [7, 11) is 0. The van der Waals surface area contributed by atoms with Crippen molar-refractivity contribution in [3.8, 4) is 11.8 Å². The Kier molecular flexibility index (Phi) is 6.45. The predicted octanol–water partition coefficient (Wildman–Crippen LogP) is 5.75. The molecule has 1 aromatic heterocycles. The summed E-state index contributed by atoms with van der Waals surface area (Å²) < 4.78 is 6.19. The third-order valence-corrected chi connectivity index (χ3v) is 6.88. The molecule has 0 spiro atoms. The molecule has 0 fully saturated rings. The Bertz CT molecular complexity index is 999. The number of halogens is 1. The summed E-state index contributed by atoms with van der Waals surface area (Å²) in [5.41, 5.74) is 2.70. The van der Waals surface area contributed by atoms with Gasteiger partial charge in [-0.3, -0.25) is 0 Å². The summed E-state index contributed by atoms with van der Waals surface area (Å²) in [4.78, 5) is 16.7. The zero-order valence-corrected chi connectivity index (χ0v) is 19.1. The number of carbonyl (C=O) groups is 1. The minimum atomic E-state index is -1.04. The second kappa shape index (κ2) is 8.68. The summed E-state index contributed by atoms with van der Waals surface area (Å²) in [6, 6.07) is 7.64. The quantitative estimate of drug-likeness (QED) is 0.559. The number of benzene rings is 1. The van der Waals surface area contributed by atoms with Gasteiger partial charge >= 0.3 is 5.97 Å². The molecule has 0 saturated heterocycles. The maximum atomic E-state index is 10.8. The molecule has 0 unspecified atom stereocenters. The number of carboxylic acid groups (broad SMARTS) is 1. The highest BCUT2D eigenvalue weighted by molar-refractivity contribution is 9.10. The van der Waals surface area contributed by atoms with Gasteiger partial charge in [-0.05, 0) is 54.4 Å². The molecule has 29 heavy (non-hydrogen) atoms. The number of thiophene rings is 1. The molecule has 1 aromatic carbocycles. The van der Waals surface area contributed by atoms with Gasteiger partial charge < -0.3 is 9.84 Å². The largest absolute Gasteiger partial charge is 0.481 e. The van der Waals surface area contributed by atoms with Crippen LogP contribution in [0.25, 0.3) is 0 Å². The fraction of sp³-hybridized carbons (Fsp3) is 0.409. The second-order valence-electron chi connectivity index (χ2n) is 8.22. The monoisotopic (exact) mass is 474 g/mol. The number of aliphatic imine (C=N–C) groups is 1. The molecule has 0 saturated carbocycles. The standard InChI is InChI=1S/C22H23BrN2O3S/c1-22(2,3)14-4-6-16-17(10-24)21(29-19(16)9-14)25-11-13-8-15(23)5-7-18(13)28-12-20(26)27/h5,7-8,11,14H,4,6,9,12H2,1-3H3,(H,26,27)/t14-/m0/s1. The Labute approximate surface area is 183 Å². The van der Waals surface area contributed by atoms with Crippen LogP contribution in [0.1, 0.15) is 48.8 Å². The molecule has 0 aliphatic heterocycles. The Morgan fingerprint density at radius 3 is 2.90 bits per heavy atom. The third kappa shape index (κ3) is 5.06. The van der Waals surface area contributed by atoms with Gasteiger partial charge in [-0.25, -0.2) is 9.79 Å². The molecule has 0 bridgehead atoms. The minimum Gasteiger partial charge on any atom is -0.481 e.